The molecule has 0 spiro atoms. The quantitative estimate of drug-likeness (QED) is 0.774. The van der Waals surface area contributed by atoms with Gasteiger partial charge in [0.1, 0.15) is 0 Å². The van der Waals surface area contributed by atoms with E-state index in [4.69, 9.17) is 4.74 Å². The molecule has 2 fully saturated rings. The predicted octanol–water partition coefficient (Wildman–Crippen LogP) is 1.98. The molecular weight excluding hydrogens is 240 g/mol. The summed E-state index contributed by atoms with van der Waals surface area (Å²) in [6.07, 6.45) is 8.72. The van der Waals surface area contributed by atoms with Crippen molar-refractivity contribution in [1.82, 2.24) is 10.6 Å². The summed E-state index contributed by atoms with van der Waals surface area (Å²) in [6.45, 7) is 4.07. The van der Waals surface area contributed by atoms with Gasteiger partial charge in [-0.15, -0.1) is 0 Å². The second kappa shape index (κ2) is 7.85. The second-order valence-electron chi connectivity index (χ2n) is 5.85. The molecule has 1 aliphatic heterocycles. The van der Waals surface area contributed by atoms with Crippen LogP contribution in [0.2, 0.25) is 0 Å². The Balaban J connectivity index is 1.58. The van der Waals surface area contributed by atoms with Gasteiger partial charge < -0.3 is 15.4 Å². The number of nitrogens with one attached hydrogen (secondary N) is 2. The first-order chi connectivity index (χ1) is 9.28. The van der Waals surface area contributed by atoms with Crippen molar-refractivity contribution < 1.29 is 9.53 Å². The van der Waals surface area contributed by atoms with Crippen molar-refractivity contribution in [2.45, 2.75) is 76.5 Å². The normalized spacial score (nSPS) is 31.3. The number of hydrogen-bond donors (Lipinski definition) is 2. The molecular formula is C15H28N2O2. The van der Waals surface area contributed by atoms with Crippen molar-refractivity contribution in [1.29, 1.82) is 0 Å². The second-order valence-corrected chi connectivity index (χ2v) is 5.85. The summed E-state index contributed by atoms with van der Waals surface area (Å²) in [5.41, 5.74) is 0. The van der Waals surface area contributed by atoms with Gasteiger partial charge in [-0.1, -0.05) is 6.92 Å². The zero-order valence-electron chi connectivity index (χ0n) is 12.1. The van der Waals surface area contributed by atoms with Crippen LogP contribution in [0.25, 0.3) is 0 Å². The number of amides is 1. The van der Waals surface area contributed by atoms with Gasteiger partial charge >= 0.3 is 0 Å². The van der Waals surface area contributed by atoms with E-state index >= 15 is 0 Å². The maximum absolute atomic E-state index is 11.9. The van der Waals surface area contributed by atoms with E-state index in [1.165, 1.54) is 12.8 Å². The molecule has 0 radical (unpaired) electrons. The van der Waals surface area contributed by atoms with Gasteiger partial charge in [0.25, 0.3) is 0 Å². The lowest BCUT2D eigenvalue weighted by Gasteiger charge is -2.29. The molecule has 0 aromatic rings. The highest BCUT2D eigenvalue weighted by molar-refractivity contribution is 5.76. The van der Waals surface area contributed by atoms with Gasteiger partial charge in [0.05, 0.1) is 6.10 Å². The van der Waals surface area contributed by atoms with E-state index in [1.807, 2.05) is 0 Å². The first-order valence-electron chi connectivity index (χ1n) is 7.92. The fourth-order valence-electron chi connectivity index (χ4n) is 3.19. The molecule has 2 aliphatic rings. The molecule has 4 heteroatoms. The summed E-state index contributed by atoms with van der Waals surface area (Å²) in [5.74, 6) is 0.211. The Morgan fingerprint density at radius 2 is 1.89 bits per heavy atom. The highest BCUT2D eigenvalue weighted by Crippen LogP contribution is 2.20. The Bertz CT molecular complexity index is 269. The van der Waals surface area contributed by atoms with Crippen LogP contribution in [0.1, 0.15) is 58.3 Å². The number of rotatable bonds is 6. The summed E-state index contributed by atoms with van der Waals surface area (Å²) in [4.78, 5) is 11.9. The third-order valence-corrected chi connectivity index (χ3v) is 4.30. The van der Waals surface area contributed by atoms with Gasteiger partial charge in [0, 0.05) is 25.1 Å². The highest BCUT2D eigenvalue weighted by Gasteiger charge is 2.22. The molecule has 1 aliphatic carbocycles. The fourth-order valence-corrected chi connectivity index (χ4v) is 3.19. The zero-order chi connectivity index (χ0) is 13.5. The third-order valence-electron chi connectivity index (χ3n) is 4.30. The lowest BCUT2D eigenvalue weighted by atomic mass is 9.91. The molecule has 0 aromatic carbocycles. The largest absolute Gasteiger partial charge is 0.378 e. The van der Waals surface area contributed by atoms with E-state index in [1.54, 1.807) is 0 Å². The van der Waals surface area contributed by atoms with E-state index in [0.717, 1.165) is 45.3 Å². The molecule has 19 heavy (non-hydrogen) atoms. The van der Waals surface area contributed by atoms with Crippen LogP contribution in [-0.4, -0.2) is 37.2 Å². The lowest BCUT2D eigenvalue weighted by molar-refractivity contribution is -0.122. The van der Waals surface area contributed by atoms with E-state index in [2.05, 4.69) is 17.6 Å². The van der Waals surface area contributed by atoms with Crippen LogP contribution in [-0.2, 0) is 9.53 Å². The van der Waals surface area contributed by atoms with Gasteiger partial charge in [0.2, 0.25) is 5.91 Å². The number of hydrogen-bond acceptors (Lipinski definition) is 3. The van der Waals surface area contributed by atoms with Crippen LogP contribution in [0.15, 0.2) is 0 Å². The van der Waals surface area contributed by atoms with Crippen LogP contribution in [0, 0.1) is 0 Å². The molecule has 1 heterocycles. The highest BCUT2D eigenvalue weighted by atomic mass is 16.5. The number of carbonyl (C=O) groups is 1. The van der Waals surface area contributed by atoms with Gasteiger partial charge in [0.15, 0.2) is 0 Å². The maximum atomic E-state index is 11.9. The SMILES string of the molecule is CCNC1CCC(NC(=O)CCC2CCCO2)CC1. The van der Waals surface area contributed by atoms with Crippen LogP contribution in [0.5, 0.6) is 0 Å². The predicted molar refractivity (Wildman–Crippen MR) is 76.1 cm³/mol. The van der Waals surface area contributed by atoms with Crippen molar-refractivity contribution in [3.05, 3.63) is 0 Å². The maximum Gasteiger partial charge on any atom is 0.220 e. The molecule has 2 N–H and O–H groups in total. The van der Waals surface area contributed by atoms with E-state index in [-0.39, 0.29) is 5.91 Å². The first kappa shape index (κ1) is 14.8. The van der Waals surface area contributed by atoms with Gasteiger partial charge in [-0.25, -0.2) is 0 Å². The van der Waals surface area contributed by atoms with Crippen molar-refractivity contribution in [2.24, 2.45) is 0 Å². The third kappa shape index (κ3) is 5.11. The Kier molecular flexibility index (Phi) is 6.11. The van der Waals surface area contributed by atoms with Gasteiger partial charge in [-0.2, -0.15) is 0 Å². The van der Waals surface area contributed by atoms with Crippen molar-refractivity contribution in [2.75, 3.05) is 13.2 Å². The molecule has 1 saturated heterocycles. The van der Waals surface area contributed by atoms with Crippen molar-refractivity contribution in [3.8, 4) is 0 Å². The van der Waals surface area contributed by atoms with Crippen LogP contribution in [0.3, 0.4) is 0 Å². The standard InChI is InChI=1S/C15H28N2O2/c1-2-16-12-5-7-13(8-6-12)17-15(18)10-9-14-4-3-11-19-14/h12-14,16H,2-11H2,1H3,(H,17,18). The lowest BCUT2D eigenvalue weighted by Crippen LogP contribution is -2.42. The molecule has 1 saturated carbocycles. The average molecular weight is 268 g/mol. The Labute approximate surface area is 116 Å². The van der Waals surface area contributed by atoms with E-state index in [0.29, 0.717) is 24.6 Å². The summed E-state index contributed by atoms with van der Waals surface area (Å²) in [7, 11) is 0. The van der Waals surface area contributed by atoms with Crippen LogP contribution < -0.4 is 10.6 Å². The topological polar surface area (TPSA) is 50.4 Å². The number of ether oxygens (including phenoxy) is 1. The van der Waals surface area contributed by atoms with Gasteiger partial charge in [-0.05, 0) is 51.5 Å². The van der Waals surface area contributed by atoms with E-state index in [9.17, 15) is 4.79 Å². The molecule has 4 nitrogen and oxygen atoms in total. The van der Waals surface area contributed by atoms with E-state index < -0.39 is 0 Å². The molecule has 110 valence electrons. The minimum Gasteiger partial charge on any atom is -0.378 e. The van der Waals surface area contributed by atoms with Crippen LogP contribution in [0.4, 0.5) is 0 Å². The summed E-state index contributed by atoms with van der Waals surface area (Å²) in [6, 6.07) is 1.05. The Hall–Kier alpha value is -0.610. The number of carbonyl (C=O) groups excluding carboxylic acids is 1. The first-order valence-corrected chi connectivity index (χ1v) is 7.92. The Morgan fingerprint density at radius 1 is 1.16 bits per heavy atom. The molecule has 1 amide bonds. The molecule has 0 aromatic heterocycles. The van der Waals surface area contributed by atoms with Crippen molar-refractivity contribution >= 4 is 5.91 Å². The smallest absolute Gasteiger partial charge is 0.220 e. The molecule has 2 rings (SSSR count). The molecule has 1 unspecified atom stereocenters. The zero-order valence-corrected chi connectivity index (χ0v) is 12.1. The molecule has 0 bridgehead atoms. The van der Waals surface area contributed by atoms with Crippen LogP contribution >= 0.6 is 0 Å². The van der Waals surface area contributed by atoms with Gasteiger partial charge in [-0.3, -0.25) is 4.79 Å². The average Bonchev–Trinajstić information content (AvgIpc) is 2.92. The minimum atomic E-state index is 0.211. The monoisotopic (exact) mass is 268 g/mol. The minimum absolute atomic E-state index is 0.211. The summed E-state index contributed by atoms with van der Waals surface area (Å²) >= 11 is 0. The Morgan fingerprint density at radius 3 is 2.53 bits per heavy atom. The van der Waals surface area contributed by atoms with Crippen molar-refractivity contribution in [3.63, 3.8) is 0 Å². The summed E-state index contributed by atoms with van der Waals surface area (Å²) < 4.78 is 5.55. The summed E-state index contributed by atoms with van der Waals surface area (Å²) in [5, 5.41) is 6.67. The fraction of sp³-hybridized carbons (Fsp3) is 0.933. The molecule has 1 atom stereocenters.